The minimum atomic E-state index is -0.654. The van der Waals surface area contributed by atoms with Crippen molar-refractivity contribution in [2.24, 2.45) is 0 Å². The van der Waals surface area contributed by atoms with Gasteiger partial charge in [0.2, 0.25) is 5.89 Å². The van der Waals surface area contributed by atoms with E-state index in [1.54, 1.807) is 12.5 Å². The maximum absolute atomic E-state index is 11.5. The van der Waals surface area contributed by atoms with Crippen molar-refractivity contribution in [2.75, 3.05) is 29.5 Å². The van der Waals surface area contributed by atoms with Gasteiger partial charge in [-0.05, 0) is 24.3 Å². The maximum atomic E-state index is 11.5. The van der Waals surface area contributed by atoms with E-state index in [1.165, 1.54) is 0 Å². The normalized spacial score (nSPS) is 15.6. The van der Waals surface area contributed by atoms with Crippen LogP contribution in [0.3, 0.4) is 0 Å². The van der Waals surface area contributed by atoms with Gasteiger partial charge in [0.15, 0.2) is 0 Å². The number of hydrogen-bond donors (Lipinski definition) is 0. The van der Waals surface area contributed by atoms with E-state index in [-0.39, 0.29) is 0 Å². The summed E-state index contributed by atoms with van der Waals surface area (Å²) in [4.78, 5) is 11.0. The Kier molecular flexibility index (Phi) is 4.13. The predicted octanol–water partition coefficient (Wildman–Crippen LogP) is 2.97. The first-order valence-electron chi connectivity index (χ1n) is 7.87. The molecule has 1 saturated heterocycles. The molecule has 1 aromatic carbocycles. The smallest absolute Gasteiger partial charge is 0.245 e. The fraction of sp³-hybridized carbons (Fsp3) is 0.222. The highest BCUT2D eigenvalue weighted by atomic mass is 32.2. The van der Waals surface area contributed by atoms with Crippen LogP contribution >= 0.6 is 0 Å². The largest absolute Gasteiger partial charge is 0.443 e. The second-order valence-corrected chi connectivity index (χ2v) is 7.33. The van der Waals surface area contributed by atoms with E-state index < -0.39 is 10.8 Å². The second-order valence-electron chi connectivity index (χ2n) is 5.63. The lowest BCUT2D eigenvalue weighted by Gasteiger charge is -2.28. The molecule has 1 aliphatic heterocycles. The molecule has 3 heterocycles. The van der Waals surface area contributed by atoms with E-state index in [0.29, 0.717) is 5.89 Å². The van der Waals surface area contributed by atoms with Crippen LogP contribution in [0.25, 0.3) is 22.8 Å². The molecule has 6 heteroatoms. The average Bonchev–Trinajstić information content (AvgIpc) is 3.13. The van der Waals surface area contributed by atoms with E-state index in [2.05, 4.69) is 27.0 Å². The molecule has 0 bridgehead atoms. The number of benzene rings is 1. The van der Waals surface area contributed by atoms with Gasteiger partial charge in [-0.3, -0.25) is 9.19 Å². The molecule has 1 aliphatic rings. The number of hydrogen-bond acceptors (Lipinski definition) is 5. The predicted molar refractivity (Wildman–Crippen MR) is 95.3 cm³/mol. The van der Waals surface area contributed by atoms with Crippen molar-refractivity contribution in [1.82, 2.24) is 9.97 Å². The molecular weight excluding hydrogens is 322 g/mol. The Morgan fingerprint density at radius 3 is 2.50 bits per heavy atom. The first kappa shape index (κ1) is 15.1. The van der Waals surface area contributed by atoms with Crippen LogP contribution in [0.4, 0.5) is 5.69 Å². The van der Waals surface area contributed by atoms with Crippen molar-refractivity contribution in [3.63, 3.8) is 0 Å². The van der Waals surface area contributed by atoms with Gasteiger partial charge < -0.3 is 9.32 Å². The van der Waals surface area contributed by atoms with Crippen LogP contribution < -0.4 is 4.90 Å². The van der Waals surface area contributed by atoms with Crippen molar-refractivity contribution < 1.29 is 8.63 Å². The highest BCUT2D eigenvalue weighted by Crippen LogP contribution is 2.26. The van der Waals surface area contributed by atoms with Gasteiger partial charge in [-0.25, -0.2) is 4.98 Å². The van der Waals surface area contributed by atoms with Gasteiger partial charge in [0.25, 0.3) is 0 Å². The van der Waals surface area contributed by atoms with Crippen molar-refractivity contribution in [3.8, 4) is 22.8 Å². The lowest BCUT2D eigenvalue weighted by Crippen LogP contribution is -2.37. The van der Waals surface area contributed by atoms with Crippen molar-refractivity contribution in [1.29, 1.82) is 0 Å². The molecule has 0 amide bonds. The fourth-order valence-corrected chi connectivity index (χ4v) is 3.80. The monoisotopic (exact) mass is 339 g/mol. The van der Waals surface area contributed by atoms with Crippen molar-refractivity contribution in [3.05, 3.63) is 54.9 Å². The molecule has 0 unspecified atom stereocenters. The summed E-state index contributed by atoms with van der Waals surface area (Å²) in [7, 11) is -0.654. The molecule has 0 saturated carbocycles. The number of anilines is 1. The minimum Gasteiger partial charge on any atom is -0.443 e. The highest BCUT2D eigenvalue weighted by Gasteiger charge is 2.16. The Morgan fingerprint density at radius 1 is 1.00 bits per heavy atom. The number of aromatic nitrogens is 2. The fourth-order valence-electron chi connectivity index (χ4n) is 2.75. The Morgan fingerprint density at radius 2 is 1.79 bits per heavy atom. The minimum absolute atomic E-state index is 0.521. The summed E-state index contributed by atoms with van der Waals surface area (Å²) in [5, 5.41) is 0. The summed E-state index contributed by atoms with van der Waals surface area (Å²) < 4.78 is 17.0. The van der Waals surface area contributed by atoms with E-state index in [1.807, 2.05) is 30.3 Å². The summed E-state index contributed by atoms with van der Waals surface area (Å²) in [6.07, 6.45) is 3.38. The van der Waals surface area contributed by atoms with Gasteiger partial charge in [-0.1, -0.05) is 18.2 Å². The molecule has 24 heavy (non-hydrogen) atoms. The summed E-state index contributed by atoms with van der Waals surface area (Å²) in [6.45, 7) is 1.69. The summed E-state index contributed by atoms with van der Waals surface area (Å²) in [6, 6.07) is 13.9. The van der Waals surface area contributed by atoms with Gasteiger partial charge >= 0.3 is 0 Å². The molecular formula is C18H17N3O2S. The van der Waals surface area contributed by atoms with Gasteiger partial charge in [-0.2, -0.15) is 0 Å². The van der Waals surface area contributed by atoms with E-state index in [4.69, 9.17) is 4.42 Å². The van der Waals surface area contributed by atoms with Gasteiger partial charge in [0.05, 0.1) is 0 Å². The van der Waals surface area contributed by atoms with Gasteiger partial charge in [-0.15, -0.1) is 0 Å². The third kappa shape index (κ3) is 3.10. The zero-order chi connectivity index (χ0) is 16.4. The van der Waals surface area contributed by atoms with E-state index in [0.717, 1.165) is 47.2 Å². The van der Waals surface area contributed by atoms with Crippen LogP contribution in [0.1, 0.15) is 0 Å². The topological polar surface area (TPSA) is 59.2 Å². The number of pyridine rings is 1. The van der Waals surface area contributed by atoms with Crippen molar-refractivity contribution >= 4 is 16.5 Å². The quantitative estimate of drug-likeness (QED) is 0.734. The lowest BCUT2D eigenvalue weighted by molar-refractivity contribution is 0.572. The van der Waals surface area contributed by atoms with Crippen LogP contribution in [0.15, 0.2) is 59.3 Å². The Labute approximate surface area is 142 Å². The Bertz CT molecular complexity index is 836. The van der Waals surface area contributed by atoms with Crippen LogP contribution in [-0.2, 0) is 10.8 Å². The average molecular weight is 339 g/mol. The van der Waals surface area contributed by atoms with E-state index >= 15 is 0 Å². The molecule has 4 rings (SSSR count). The summed E-state index contributed by atoms with van der Waals surface area (Å²) >= 11 is 0. The van der Waals surface area contributed by atoms with Gasteiger partial charge in [0.1, 0.15) is 17.7 Å². The van der Waals surface area contributed by atoms with E-state index in [9.17, 15) is 4.21 Å². The lowest BCUT2D eigenvalue weighted by atomic mass is 10.1. The third-order valence-corrected chi connectivity index (χ3v) is 5.37. The molecule has 0 N–H and O–H groups in total. The van der Waals surface area contributed by atoms with Crippen LogP contribution in [0.5, 0.6) is 0 Å². The Hall–Kier alpha value is -2.47. The second kappa shape index (κ2) is 6.57. The van der Waals surface area contributed by atoms with Crippen LogP contribution in [0, 0.1) is 0 Å². The number of nitrogens with zero attached hydrogens (tertiary/aromatic N) is 3. The highest BCUT2D eigenvalue weighted by molar-refractivity contribution is 7.85. The van der Waals surface area contributed by atoms with Crippen LogP contribution in [0.2, 0.25) is 0 Å². The molecule has 0 radical (unpaired) electrons. The number of oxazole rings is 1. The molecule has 122 valence electrons. The van der Waals surface area contributed by atoms with Gasteiger partial charge in [0, 0.05) is 52.8 Å². The van der Waals surface area contributed by atoms with Crippen LogP contribution in [-0.4, -0.2) is 38.8 Å². The number of rotatable bonds is 3. The molecule has 1 fully saturated rings. The summed E-state index contributed by atoms with van der Waals surface area (Å²) in [5.41, 5.74) is 3.68. The molecule has 0 spiro atoms. The zero-order valence-electron chi connectivity index (χ0n) is 13.1. The third-order valence-electron chi connectivity index (χ3n) is 4.09. The summed E-state index contributed by atoms with van der Waals surface area (Å²) in [5.74, 6) is 2.02. The molecule has 0 aliphatic carbocycles. The van der Waals surface area contributed by atoms with Crippen molar-refractivity contribution in [2.45, 2.75) is 0 Å². The zero-order valence-corrected chi connectivity index (χ0v) is 13.9. The SMILES string of the molecule is O=S1CCN(c2ccc(-c3coc(-c4ccccn4)n3)cc2)CC1. The first-order chi connectivity index (χ1) is 11.8. The molecule has 5 nitrogen and oxygen atoms in total. The first-order valence-corrected chi connectivity index (χ1v) is 9.36. The maximum Gasteiger partial charge on any atom is 0.245 e. The molecule has 2 aromatic heterocycles. The molecule has 3 aromatic rings. The standard InChI is InChI=1S/C18H17N3O2S/c22-24-11-9-21(10-12-24)15-6-4-14(5-7-15)17-13-23-18(20-17)16-3-1-2-8-19-16/h1-8,13H,9-12H2. The Balaban J connectivity index is 1.53. The molecule has 0 atom stereocenters.